The van der Waals surface area contributed by atoms with Crippen LogP contribution in [-0.4, -0.2) is 15.0 Å². The summed E-state index contributed by atoms with van der Waals surface area (Å²) in [6, 6.07) is 9.92. The van der Waals surface area contributed by atoms with Crippen molar-refractivity contribution in [3.8, 4) is 11.3 Å². The third-order valence-electron chi connectivity index (χ3n) is 3.15. The largest absolute Gasteiger partial charge is 0.321 e. The number of rotatable bonds is 4. The van der Waals surface area contributed by atoms with Gasteiger partial charge in [0.25, 0.3) is 0 Å². The Kier molecular flexibility index (Phi) is 4.03. The van der Waals surface area contributed by atoms with E-state index >= 15 is 0 Å². The predicted molar refractivity (Wildman–Crippen MR) is 85.0 cm³/mol. The highest BCUT2D eigenvalue weighted by Gasteiger charge is 2.13. The van der Waals surface area contributed by atoms with Crippen molar-refractivity contribution in [2.45, 2.75) is 19.4 Å². The van der Waals surface area contributed by atoms with Gasteiger partial charge in [0.15, 0.2) is 0 Å². The molecule has 1 atom stereocenters. The van der Waals surface area contributed by atoms with E-state index in [-0.39, 0.29) is 6.04 Å². The van der Waals surface area contributed by atoms with Crippen molar-refractivity contribution in [2.24, 2.45) is 5.73 Å². The maximum Gasteiger partial charge on any atom is 0.145 e. The molecule has 2 heterocycles. The van der Waals surface area contributed by atoms with E-state index in [9.17, 15) is 0 Å². The zero-order valence-electron chi connectivity index (χ0n) is 11.7. The molecule has 2 aromatic heterocycles. The van der Waals surface area contributed by atoms with Crippen LogP contribution in [0.4, 0.5) is 0 Å². The molecule has 0 spiro atoms. The van der Waals surface area contributed by atoms with Gasteiger partial charge in [0.2, 0.25) is 0 Å². The summed E-state index contributed by atoms with van der Waals surface area (Å²) in [6.45, 7) is 1.96. The molecule has 0 saturated heterocycles. The summed E-state index contributed by atoms with van der Waals surface area (Å²) < 4.78 is 0. The number of aromatic nitrogens is 3. The Bertz CT molecular complexity index is 707. The molecule has 0 aliphatic heterocycles. The molecule has 1 unspecified atom stereocenters. The summed E-state index contributed by atoms with van der Waals surface area (Å²) in [5.74, 6) is 0.664. The quantitative estimate of drug-likeness (QED) is 0.803. The highest BCUT2D eigenvalue weighted by atomic mass is 32.1. The lowest BCUT2D eigenvalue weighted by Gasteiger charge is -2.07. The van der Waals surface area contributed by atoms with Crippen LogP contribution in [0.25, 0.3) is 11.3 Å². The summed E-state index contributed by atoms with van der Waals surface area (Å²) >= 11 is 1.62. The molecule has 106 valence electrons. The van der Waals surface area contributed by atoms with Crippen molar-refractivity contribution in [1.29, 1.82) is 0 Å². The summed E-state index contributed by atoms with van der Waals surface area (Å²) in [5, 5.41) is 3.07. The molecule has 0 aliphatic rings. The molecule has 4 nitrogen and oxygen atoms in total. The minimum atomic E-state index is -0.222. The molecule has 0 fully saturated rings. The number of nitrogens with zero attached hydrogens (tertiary/aromatic N) is 3. The van der Waals surface area contributed by atoms with E-state index in [1.807, 2.05) is 25.1 Å². The Hall–Kier alpha value is -2.11. The third kappa shape index (κ3) is 3.32. The molecule has 1 aromatic carbocycles. The van der Waals surface area contributed by atoms with E-state index in [2.05, 4.69) is 32.5 Å². The highest BCUT2D eigenvalue weighted by Crippen LogP contribution is 2.23. The number of aryl methyl sites for hydroxylation is 1. The fourth-order valence-electron chi connectivity index (χ4n) is 2.02. The smallest absolute Gasteiger partial charge is 0.145 e. The van der Waals surface area contributed by atoms with Gasteiger partial charge in [-0.25, -0.2) is 15.0 Å². The van der Waals surface area contributed by atoms with Gasteiger partial charge in [-0.2, -0.15) is 0 Å². The van der Waals surface area contributed by atoms with E-state index in [1.54, 1.807) is 23.7 Å². The maximum absolute atomic E-state index is 6.17. The zero-order chi connectivity index (χ0) is 14.7. The molecular weight excluding hydrogens is 280 g/mol. The minimum Gasteiger partial charge on any atom is -0.321 e. The zero-order valence-corrected chi connectivity index (χ0v) is 12.5. The highest BCUT2D eigenvalue weighted by molar-refractivity contribution is 7.09. The van der Waals surface area contributed by atoms with Crippen molar-refractivity contribution >= 4 is 11.3 Å². The number of thiazole rings is 1. The fourth-order valence-corrected chi connectivity index (χ4v) is 2.88. The lowest BCUT2D eigenvalue weighted by molar-refractivity contribution is 0.663. The van der Waals surface area contributed by atoms with E-state index in [0.717, 1.165) is 21.8 Å². The second kappa shape index (κ2) is 6.11. The molecule has 0 radical (unpaired) electrons. The van der Waals surface area contributed by atoms with Crippen molar-refractivity contribution in [3.05, 3.63) is 64.5 Å². The van der Waals surface area contributed by atoms with Crippen LogP contribution in [0.3, 0.4) is 0 Å². The van der Waals surface area contributed by atoms with E-state index in [0.29, 0.717) is 12.2 Å². The standard InChI is InChI=1S/C16H16N4S/c1-11-8-18-16(19-9-11)13(17)7-15-20-14(10-21-15)12-5-3-2-4-6-12/h2-6,8-10,13H,7,17H2,1H3. The maximum atomic E-state index is 6.17. The lowest BCUT2D eigenvalue weighted by atomic mass is 10.2. The Balaban J connectivity index is 1.74. The van der Waals surface area contributed by atoms with Gasteiger partial charge in [0.05, 0.1) is 16.7 Å². The van der Waals surface area contributed by atoms with Crippen LogP contribution in [0.2, 0.25) is 0 Å². The topological polar surface area (TPSA) is 64.7 Å². The van der Waals surface area contributed by atoms with Gasteiger partial charge in [-0.15, -0.1) is 11.3 Å². The second-order valence-corrected chi connectivity index (χ2v) is 5.86. The molecule has 0 aliphatic carbocycles. The first-order valence-corrected chi connectivity index (χ1v) is 7.64. The van der Waals surface area contributed by atoms with Crippen LogP contribution < -0.4 is 5.73 Å². The first-order valence-electron chi connectivity index (χ1n) is 6.76. The van der Waals surface area contributed by atoms with Gasteiger partial charge >= 0.3 is 0 Å². The van der Waals surface area contributed by atoms with Crippen LogP contribution in [-0.2, 0) is 6.42 Å². The van der Waals surface area contributed by atoms with E-state index in [1.165, 1.54) is 0 Å². The van der Waals surface area contributed by atoms with Gasteiger partial charge in [-0.1, -0.05) is 30.3 Å². The molecule has 0 bridgehead atoms. The lowest BCUT2D eigenvalue weighted by Crippen LogP contribution is -2.16. The molecule has 3 rings (SSSR count). The number of hydrogen-bond donors (Lipinski definition) is 1. The SMILES string of the molecule is Cc1cnc(C(N)Cc2nc(-c3ccccc3)cs2)nc1. The first-order chi connectivity index (χ1) is 10.2. The molecule has 21 heavy (non-hydrogen) atoms. The molecule has 2 N–H and O–H groups in total. The van der Waals surface area contributed by atoms with Crippen molar-refractivity contribution < 1.29 is 0 Å². The third-order valence-corrected chi connectivity index (χ3v) is 4.02. The Morgan fingerprint density at radius 1 is 1.14 bits per heavy atom. The van der Waals surface area contributed by atoms with Crippen molar-refractivity contribution in [1.82, 2.24) is 15.0 Å². The Morgan fingerprint density at radius 2 is 1.86 bits per heavy atom. The van der Waals surface area contributed by atoms with Gasteiger partial charge in [-0.05, 0) is 12.5 Å². The first kappa shape index (κ1) is 13.9. The molecule has 5 heteroatoms. The number of nitrogens with two attached hydrogens (primary N) is 1. The molecule has 0 amide bonds. The Labute approximate surface area is 127 Å². The Morgan fingerprint density at radius 3 is 2.57 bits per heavy atom. The van der Waals surface area contributed by atoms with Crippen LogP contribution in [0.5, 0.6) is 0 Å². The van der Waals surface area contributed by atoms with Gasteiger partial charge in [0.1, 0.15) is 5.82 Å². The van der Waals surface area contributed by atoms with Gasteiger partial charge in [-0.3, -0.25) is 0 Å². The van der Waals surface area contributed by atoms with E-state index < -0.39 is 0 Å². The summed E-state index contributed by atoms with van der Waals surface area (Å²) in [4.78, 5) is 13.2. The van der Waals surface area contributed by atoms with Crippen molar-refractivity contribution in [3.63, 3.8) is 0 Å². The summed E-state index contributed by atoms with van der Waals surface area (Å²) in [6.07, 6.45) is 4.24. The summed E-state index contributed by atoms with van der Waals surface area (Å²) in [7, 11) is 0. The molecule has 0 saturated carbocycles. The van der Waals surface area contributed by atoms with Crippen LogP contribution in [0.1, 0.15) is 22.4 Å². The monoisotopic (exact) mass is 296 g/mol. The van der Waals surface area contributed by atoms with Gasteiger partial charge in [0, 0.05) is 29.8 Å². The van der Waals surface area contributed by atoms with Crippen LogP contribution >= 0.6 is 11.3 Å². The van der Waals surface area contributed by atoms with Crippen LogP contribution in [0.15, 0.2) is 48.1 Å². The minimum absolute atomic E-state index is 0.222. The summed E-state index contributed by atoms with van der Waals surface area (Å²) in [5.41, 5.74) is 9.32. The molecule has 3 aromatic rings. The normalized spacial score (nSPS) is 12.3. The average Bonchev–Trinajstić information content (AvgIpc) is 2.97. The van der Waals surface area contributed by atoms with Crippen LogP contribution in [0, 0.1) is 6.92 Å². The fraction of sp³-hybridized carbons (Fsp3) is 0.188. The number of benzene rings is 1. The average molecular weight is 296 g/mol. The second-order valence-electron chi connectivity index (χ2n) is 4.92. The van der Waals surface area contributed by atoms with Gasteiger partial charge < -0.3 is 5.73 Å². The van der Waals surface area contributed by atoms with Crippen molar-refractivity contribution in [2.75, 3.05) is 0 Å². The molecular formula is C16H16N4S. The number of hydrogen-bond acceptors (Lipinski definition) is 5. The van der Waals surface area contributed by atoms with E-state index in [4.69, 9.17) is 5.73 Å². The predicted octanol–water partition coefficient (Wildman–Crippen LogP) is 3.15.